The molecule has 18 heavy (non-hydrogen) atoms. The molecule has 2 aromatic rings. The minimum Gasteiger partial charge on any atom is -0.350 e. The van der Waals surface area contributed by atoms with E-state index in [0.717, 1.165) is 6.54 Å². The van der Waals surface area contributed by atoms with Crippen LogP contribution in [0.2, 0.25) is 0 Å². The number of nitrogens with two attached hydrogens (primary N) is 1. The highest BCUT2D eigenvalue weighted by Crippen LogP contribution is 2.26. The Morgan fingerprint density at radius 3 is 2.67 bits per heavy atom. The van der Waals surface area contributed by atoms with Crippen molar-refractivity contribution in [3.8, 4) is 0 Å². The van der Waals surface area contributed by atoms with Gasteiger partial charge in [-0.1, -0.05) is 12.1 Å². The third kappa shape index (κ3) is 1.93. The predicted molar refractivity (Wildman–Crippen MR) is 75.3 cm³/mol. The van der Waals surface area contributed by atoms with E-state index in [2.05, 4.69) is 40.9 Å². The first kappa shape index (κ1) is 11.8. The molecule has 3 rings (SSSR count). The van der Waals surface area contributed by atoms with Gasteiger partial charge >= 0.3 is 0 Å². The molecule has 2 N–H and O–H groups in total. The van der Waals surface area contributed by atoms with Crippen molar-refractivity contribution in [1.29, 1.82) is 0 Å². The van der Waals surface area contributed by atoms with Gasteiger partial charge in [0, 0.05) is 37.2 Å². The molecule has 0 amide bonds. The Kier molecular flexibility index (Phi) is 3.10. The van der Waals surface area contributed by atoms with Crippen LogP contribution in [0.5, 0.6) is 0 Å². The fourth-order valence-electron chi connectivity index (χ4n) is 3.09. The van der Waals surface area contributed by atoms with E-state index in [1.807, 2.05) is 0 Å². The highest BCUT2D eigenvalue weighted by molar-refractivity contribution is 5.87. The van der Waals surface area contributed by atoms with Crippen LogP contribution in [0.4, 0.5) is 0 Å². The Morgan fingerprint density at radius 1 is 1.17 bits per heavy atom. The maximum absolute atomic E-state index is 5.88. The summed E-state index contributed by atoms with van der Waals surface area (Å²) in [6, 6.07) is 6.43. The molecule has 0 radical (unpaired) electrons. The summed E-state index contributed by atoms with van der Waals surface area (Å²) in [7, 11) is 2.12. The summed E-state index contributed by atoms with van der Waals surface area (Å²) in [5.74, 6) is 0. The molecular formula is C15H21N3. The lowest BCUT2D eigenvalue weighted by Crippen LogP contribution is -2.18. The third-order valence-corrected chi connectivity index (χ3v) is 3.99. The van der Waals surface area contributed by atoms with Gasteiger partial charge in [0.1, 0.15) is 0 Å². The zero-order valence-electron chi connectivity index (χ0n) is 11.0. The smallest absolute Gasteiger partial charge is 0.0484 e. The summed E-state index contributed by atoms with van der Waals surface area (Å²) in [6.07, 6.45) is 4.95. The summed E-state index contributed by atoms with van der Waals surface area (Å²) in [5, 5.41) is 1.37. The minimum atomic E-state index is 0.619. The average Bonchev–Trinajstić information content (AvgIpc) is 2.99. The molecular weight excluding hydrogens is 222 g/mol. The standard InChI is InChI=1S/C15H21N3/c1-17-10-13(11-18-7-2-3-8-18)15-12(9-16)5-4-6-14(15)17/h4-6,10H,2-3,7-9,11,16H2,1H3. The molecule has 0 saturated carbocycles. The summed E-state index contributed by atoms with van der Waals surface area (Å²) >= 11 is 0. The van der Waals surface area contributed by atoms with Gasteiger partial charge in [-0.05, 0) is 43.1 Å². The van der Waals surface area contributed by atoms with Gasteiger partial charge in [-0.15, -0.1) is 0 Å². The molecule has 0 unspecified atom stereocenters. The lowest BCUT2D eigenvalue weighted by molar-refractivity contribution is 0.332. The van der Waals surface area contributed by atoms with Crippen LogP contribution < -0.4 is 5.73 Å². The molecule has 1 aliphatic heterocycles. The molecule has 0 bridgehead atoms. The maximum Gasteiger partial charge on any atom is 0.0484 e. The molecule has 3 heteroatoms. The summed E-state index contributed by atoms with van der Waals surface area (Å²) in [5.41, 5.74) is 9.87. The van der Waals surface area contributed by atoms with Gasteiger partial charge in [0.05, 0.1) is 0 Å². The number of likely N-dealkylation sites (tertiary alicyclic amines) is 1. The van der Waals surface area contributed by atoms with Crippen LogP contribution in [0.1, 0.15) is 24.0 Å². The molecule has 2 heterocycles. The second-order valence-corrected chi connectivity index (χ2v) is 5.26. The van der Waals surface area contributed by atoms with Crippen LogP contribution in [0.3, 0.4) is 0 Å². The van der Waals surface area contributed by atoms with Crippen LogP contribution in [0.15, 0.2) is 24.4 Å². The number of fused-ring (bicyclic) bond motifs is 1. The van der Waals surface area contributed by atoms with Gasteiger partial charge in [-0.2, -0.15) is 0 Å². The van der Waals surface area contributed by atoms with Crippen molar-refractivity contribution in [2.24, 2.45) is 12.8 Å². The highest BCUT2D eigenvalue weighted by atomic mass is 15.1. The lowest BCUT2D eigenvalue weighted by atomic mass is 10.1. The van der Waals surface area contributed by atoms with Gasteiger partial charge in [0.15, 0.2) is 0 Å². The molecule has 1 aromatic carbocycles. The van der Waals surface area contributed by atoms with Gasteiger partial charge < -0.3 is 10.3 Å². The number of nitrogens with zero attached hydrogens (tertiary/aromatic N) is 2. The molecule has 3 nitrogen and oxygen atoms in total. The van der Waals surface area contributed by atoms with Crippen molar-refractivity contribution in [2.45, 2.75) is 25.9 Å². The Labute approximate surface area is 108 Å². The minimum absolute atomic E-state index is 0.619. The number of rotatable bonds is 3. The van der Waals surface area contributed by atoms with E-state index >= 15 is 0 Å². The van der Waals surface area contributed by atoms with Crippen LogP contribution in [-0.4, -0.2) is 22.6 Å². The first-order chi connectivity index (χ1) is 8.79. The number of benzene rings is 1. The van der Waals surface area contributed by atoms with E-state index in [9.17, 15) is 0 Å². The highest BCUT2D eigenvalue weighted by Gasteiger charge is 2.16. The third-order valence-electron chi connectivity index (χ3n) is 3.99. The maximum atomic E-state index is 5.88. The number of aryl methyl sites for hydroxylation is 1. The van der Waals surface area contributed by atoms with E-state index in [-0.39, 0.29) is 0 Å². The molecule has 1 aliphatic rings. The van der Waals surface area contributed by atoms with Crippen LogP contribution in [-0.2, 0) is 20.1 Å². The fraction of sp³-hybridized carbons (Fsp3) is 0.467. The lowest BCUT2D eigenvalue weighted by Gasteiger charge is -2.14. The van der Waals surface area contributed by atoms with E-state index in [0.29, 0.717) is 6.54 Å². The van der Waals surface area contributed by atoms with Crippen molar-refractivity contribution < 1.29 is 0 Å². The Hall–Kier alpha value is -1.32. The monoisotopic (exact) mass is 243 g/mol. The van der Waals surface area contributed by atoms with Crippen molar-refractivity contribution in [1.82, 2.24) is 9.47 Å². The fourth-order valence-corrected chi connectivity index (χ4v) is 3.09. The van der Waals surface area contributed by atoms with Crippen molar-refractivity contribution >= 4 is 10.9 Å². The van der Waals surface area contributed by atoms with Gasteiger partial charge in [0.2, 0.25) is 0 Å². The van der Waals surface area contributed by atoms with Gasteiger partial charge in [0.25, 0.3) is 0 Å². The second-order valence-electron chi connectivity index (χ2n) is 5.26. The van der Waals surface area contributed by atoms with Gasteiger partial charge in [-0.25, -0.2) is 0 Å². The Bertz CT molecular complexity index is 550. The second kappa shape index (κ2) is 4.75. The molecule has 0 aliphatic carbocycles. The summed E-state index contributed by atoms with van der Waals surface area (Å²) < 4.78 is 2.22. The van der Waals surface area contributed by atoms with Crippen molar-refractivity contribution in [3.05, 3.63) is 35.5 Å². The van der Waals surface area contributed by atoms with Crippen molar-refractivity contribution in [3.63, 3.8) is 0 Å². The number of aromatic nitrogens is 1. The SMILES string of the molecule is Cn1cc(CN2CCCC2)c2c(CN)cccc21. The van der Waals surface area contributed by atoms with E-state index in [1.165, 1.54) is 48.0 Å². The molecule has 1 fully saturated rings. The number of hydrogen-bond acceptors (Lipinski definition) is 2. The molecule has 0 spiro atoms. The topological polar surface area (TPSA) is 34.2 Å². The van der Waals surface area contributed by atoms with E-state index in [1.54, 1.807) is 0 Å². The normalized spacial score (nSPS) is 16.8. The molecule has 1 saturated heterocycles. The Morgan fingerprint density at radius 2 is 1.94 bits per heavy atom. The zero-order chi connectivity index (χ0) is 12.5. The van der Waals surface area contributed by atoms with E-state index in [4.69, 9.17) is 5.73 Å². The average molecular weight is 243 g/mol. The summed E-state index contributed by atoms with van der Waals surface area (Å²) in [6.45, 7) is 4.16. The van der Waals surface area contributed by atoms with Crippen LogP contribution in [0, 0.1) is 0 Å². The molecule has 0 atom stereocenters. The summed E-state index contributed by atoms with van der Waals surface area (Å²) in [4.78, 5) is 2.54. The predicted octanol–water partition coefficient (Wildman–Crippen LogP) is 2.23. The molecule has 1 aromatic heterocycles. The van der Waals surface area contributed by atoms with Crippen LogP contribution in [0.25, 0.3) is 10.9 Å². The molecule has 96 valence electrons. The van der Waals surface area contributed by atoms with Gasteiger partial charge in [-0.3, -0.25) is 4.90 Å². The van der Waals surface area contributed by atoms with Crippen LogP contribution >= 0.6 is 0 Å². The first-order valence-electron chi connectivity index (χ1n) is 6.78. The van der Waals surface area contributed by atoms with Crippen molar-refractivity contribution in [2.75, 3.05) is 13.1 Å². The zero-order valence-corrected chi connectivity index (χ0v) is 11.0. The Balaban J connectivity index is 2.04. The largest absolute Gasteiger partial charge is 0.350 e. The quantitative estimate of drug-likeness (QED) is 0.897. The number of hydrogen-bond donors (Lipinski definition) is 1. The van der Waals surface area contributed by atoms with E-state index < -0.39 is 0 Å². The first-order valence-corrected chi connectivity index (χ1v) is 6.78.